The molecule has 0 aliphatic carbocycles. The van der Waals surface area contributed by atoms with E-state index in [1.165, 1.54) is 10.5 Å². The molecule has 2 aromatic rings. The molecule has 7 heteroatoms. The SMILES string of the molecule is C[C@@H](C(=O)Nc1ccc2c(c1)OCO2)[NH+]1CC[NH+](Cc2ccc(Cl)cc2)CC1. The Balaban J connectivity index is 1.27. The molecule has 0 aromatic heterocycles. The number of anilines is 1. The van der Waals surface area contributed by atoms with E-state index in [0.717, 1.165) is 49.2 Å². The Kier molecular flexibility index (Phi) is 5.71. The predicted molar refractivity (Wildman–Crippen MR) is 107 cm³/mol. The van der Waals surface area contributed by atoms with Crippen molar-refractivity contribution in [2.24, 2.45) is 0 Å². The fraction of sp³-hybridized carbons (Fsp3) is 0.381. The summed E-state index contributed by atoms with van der Waals surface area (Å²) in [6, 6.07) is 13.5. The zero-order chi connectivity index (χ0) is 19.5. The monoisotopic (exact) mass is 403 g/mol. The molecule has 2 heterocycles. The van der Waals surface area contributed by atoms with Crippen molar-refractivity contribution in [1.29, 1.82) is 0 Å². The maximum atomic E-state index is 12.7. The molecular formula is C21H26ClN3O3+2. The van der Waals surface area contributed by atoms with Gasteiger partial charge in [0.2, 0.25) is 6.79 Å². The van der Waals surface area contributed by atoms with Crippen LogP contribution in [0.5, 0.6) is 11.5 Å². The fourth-order valence-electron chi connectivity index (χ4n) is 3.84. The summed E-state index contributed by atoms with van der Waals surface area (Å²) in [6.45, 7) is 7.32. The number of carbonyl (C=O) groups excluding carboxylic acids is 1. The first kappa shape index (κ1) is 19.1. The number of benzene rings is 2. The summed E-state index contributed by atoms with van der Waals surface area (Å²) in [4.78, 5) is 15.6. The highest BCUT2D eigenvalue weighted by Gasteiger charge is 2.31. The number of rotatable bonds is 5. The van der Waals surface area contributed by atoms with Crippen LogP contribution < -0.4 is 24.6 Å². The Morgan fingerprint density at radius 3 is 2.54 bits per heavy atom. The quantitative estimate of drug-likeness (QED) is 0.676. The lowest BCUT2D eigenvalue weighted by atomic mass is 10.1. The lowest BCUT2D eigenvalue weighted by molar-refractivity contribution is -1.02. The third-order valence-corrected chi connectivity index (χ3v) is 5.86. The van der Waals surface area contributed by atoms with Crippen LogP contribution >= 0.6 is 11.6 Å². The number of quaternary nitrogens is 2. The largest absolute Gasteiger partial charge is 0.454 e. The maximum Gasteiger partial charge on any atom is 0.282 e. The number of nitrogens with one attached hydrogen (secondary N) is 3. The summed E-state index contributed by atoms with van der Waals surface area (Å²) in [5, 5.41) is 3.78. The number of amides is 1. The number of ether oxygens (including phenoxy) is 2. The minimum Gasteiger partial charge on any atom is -0.454 e. The number of piperazine rings is 1. The van der Waals surface area contributed by atoms with Gasteiger partial charge in [0.15, 0.2) is 17.5 Å². The molecule has 0 unspecified atom stereocenters. The Morgan fingerprint density at radius 2 is 1.79 bits per heavy atom. The zero-order valence-electron chi connectivity index (χ0n) is 16.0. The van der Waals surface area contributed by atoms with Gasteiger partial charge < -0.3 is 24.6 Å². The third-order valence-electron chi connectivity index (χ3n) is 5.61. The molecule has 2 aliphatic rings. The van der Waals surface area contributed by atoms with Gasteiger partial charge in [-0.25, -0.2) is 0 Å². The van der Waals surface area contributed by atoms with E-state index in [1.54, 1.807) is 4.90 Å². The van der Waals surface area contributed by atoms with Crippen molar-refractivity contribution in [2.75, 3.05) is 38.3 Å². The summed E-state index contributed by atoms with van der Waals surface area (Å²) >= 11 is 5.96. The van der Waals surface area contributed by atoms with Crippen molar-refractivity contribution in [3.63, 3.8) is 0 Å². The van der Waals surface area contributed by atoms with E-state index >= 15 is 0 Å². The van der Waals surface area contributed by atoms with Crippen LogP contribution in [0.25, 0.3) is 0 Å². The van der Waals surface area contributed by atoms with Gasteiger partial charge >= 0.3 is 0 Å². The highest BCUT2D eigenvalue weighted by molar-refractivity contribution is 6.30. The Hall–Kier alpha value is -2.28. The summed E-state index contributed by atoms with van der Waals surface area (Å²) in [7, 11) is 0. The van der Waals surface area contributed by atoms with E-state index in [-0.39, 0.29) is 18.7 Å². The van der Waals surface area contributed by atoms with Gasteiger partial charge in [-0.2, -0.15) is 0 Å². The average molecular weight is 404 g/mol. The van der Waals surface area contributed by atoms with E-state index in [0.29, 0.717) is 5.75 Å². The second kappa shape index (κ2) is 8.39. The van der Waals surface area contributed by atoms with Crippen LogP contribution in [0, 0.1) is 0 Å². The van der Waals surface area contributed by atoms with Gasteiger partial charge in [0.05, 0.1) is 0 Å². The molecule has 3 N–H and O–H groups in total. The predicted octanol–water partition coefficient (Wildman–Crippen LogP) is 0.379. The van der Waals surface area contributed by atoms with Gasteiger partial charge in [0, 0.05) is 22.3 Å². The number of hydrogen-bond acceptors (Lipinski definition) is 3. The lowest BCUT2D eigenvalue weighted by Gasteiger charge is -2.32. The van der Waals surface area contributed by atoms with E-state index in [1.807, 2.05) is 37.3 Å². The van der Waals surface area contributed by atoms with Crippen molar-refractivity contribution in [2.45, 2.75) is 19.5 Å². The molecule has 0 saturated carbocycles. The first-order valence-electron chi connectivity index (χ1n) is 9.71. The standard InChI is InChI=1S/C21H24ClN3O3/c1-15(21(26)23-18-6-7-19-20(12-18)28-14-27-19)25-10-8-24(9-11-25)13-16-2-4-17(22)5-3-16/h2-7,12,15H,8-11,13-14H2,1H3,(H,23,26)/p+2/t15-/m0/s1. The van der Waals surface area contributed by atoms with Crippen LogP contribution in [0.1, 0.15) is 12.5 Å². The Labute approximate surface area is 170 Å². The first-order valence-corrected chi connectivity index (χ1v) is 10.1. The molecule has 2 aromatic carbocycles. The first-order chi connectivity index (χ1) is 13.6. The Bertz CT molecular complexity index is 835. The topological polar surface area (TPSA) is 56.4 Å². The number of carbonyl (C=O) groups is 1. The second-order valence-electron chi connectivity index (χ2n) is 7.49. The molecule has 148 valence electrons. The van der Waals surface area contributed by atoms with Gasteiger partial charge in [0.25, 0.3) is 5.91 Å². The van der Waals surface area contributed by atoms with Crippen LogP contribution in [-0.2, 0) is 11.3 Å². The normalized spacial score (nSPS) is 21.9. The van der Waals surface area contributed by atoms with Gasteiger partial charge in [0.1, 0.15) is 32.7 Å². The minimum absolute atomic E-state index is 0.0371. The summed E-state index contributed by atoms with van der Waals surface area (Å²) in [5.74, 6) is 1.43. The maximum absolute atomic E-state index is 12.7. The average Bonchev–Trinajstić information content (AvgIpc) is 3.17. The minimum atomic E-state index is -0.0949. The van der Waals surface area contributed by atoms with E-state index in [2.05, 4.69) is 17.4 Å². The van der Waals surface area contributed by atoms with Crippen LogP contribution in [0.2, 0.25) is 5.02 Å². The van der Waals surface area contributed by atoms with Crippen molar-refractivity contribution >= 4 is 23.2 Å². The summed E-state index contributed by atoms with van der Waals surface area (Å²) < 4.78 is 10.7. The molecule has 0 bridgehead atoms. The fourth-order valence-corrected chi connectivity index (χ4v) is 3.96. The molecule has 0 radical (unpaired) electrons. The molecule has 1 amide bonds. The van der Waals surface area contributed by atoms with Crippen LogP contribution in [0.3, 0.4) is 0 Å². The summed E-state index contributed by atoms with van der Waals surface area (Å²) in [5.41, 5.74) is 2.05. The number of fused-ring (bicyclic) bond motifs is 1. The number of hydrogen-bond donors (Lipinski definition) is 3. The van der Waals surface area contributed by atoms with Crippen molar-refractivity contribution in [1.82, 2.24) is 0 Å². The second-order valence-corrected chi connectivity index (χ2v) is 7.93. The molecule has 0 spiro atoms. The highest BCUT2D eigenvalue weighted by Crippen LogP contribution is 2.34. The third kappa shape index (κ3) is 4.41. The van der Waals surface area contributed by atoms with Gasteiger partial charge in [-0.1, -0.05) is 23.7 Å². The molecule has 1 saturated heterocycles. The van der Waals surface area contributed by atoms with Gasteiger partial charge in [-0.15, -0.1) is 0 Å². The van der Waals surface area contributed by atoms with Gasteiger partial charge in [-0.05, 0) is 31.2 Å². The van der Waals surface area contributed by atoms with E-state index in [4.69, 9.17) is 21.1 Å². The lowest BCUT2D eigenvalue weighted by Crippen LogP contribution is -3.29. The molecule has 1 fully saturated rings. The molecule has 1 atom stereocenters. The number of halogens is 1. The van der Waals surface area contributed by atoms with Crippen LogP contribution in [-0.4, -0.2) is 44.9 Å². The van der Waals surface area contributed by atoms with Gasteiger partial charge in [-0.3, -0.25) is 4.79 Å². The van der Waals surface area contributed by atoms with Crippen molar-refractivity contribution < 1.29 is 24.1 Å². The smallest absolute Gasteiger partial charge is 0.282 e. The molecule has 6 nitrogen and oxygen atoms in total. The van der Waals surface area contributed by atoms with E-state index < -0.39 is 0 Å². The molecule has 2 aliphatic heterocycles. The Morgan fingerprint density at radius 1 is 1.07 bits per heavy atom. The zero-order valence-corrected chi connectivity index (χ0v) is 16.7. The molecule has 4 rings (SSSR count). The van der Waals surface area contributed by atoms with Crippen LogP contribution in [0.15, 0.2) is 42.5 Å². The van der Waals surface area contributed by atoms with E-state index in [9.17, 15) is 4.79 Å². The molecular weight excluding hydrogens is 378 g/mol. The molecule has 28 heavy (non-hydrogen) atoms. The highest BCUT2D eigenvalue weighted by atomic mass is 35.5. The van der Waals surface area contributed by atoms with Crippen molar-refractivity contribution in [3.05, 3.63) is 53.1 Å². The van der Waals surface area contributed by atoms with Crippen molar-refractivity contribution in [3.8, 4) is 11.5 Å². The summed E-state index contributed by atoms with van der Waals surface area (Å²) in [6.07, 6.45) is 0. The van der Waals surface area contributed by atoms with Crippen LogP contribution in [0.4, 0.5) is 5.69 Å².